The van der Waals surface area contributed by atoms with Gasteiger partial charge >= 0.3 is 6.18 Å². The van der Waals surface area contributed by atoms with Crippen LogP contribution < -0.4 is 10.2 Å². The van der Waals surface area contributed by atoms with Crippen molar-refractivity contribution in [2.24, 2.45) is 0 Å². The Morgan fingerprint density at radius 2 is 2.16 bits per heavy atom. The number of carbonyl (C=O) groups is 1. The summed E-state index contributed by atoms with van der Waals surface area (Å²) in [5, 5.41) is 10.4. The molecule has 10 heteroatoms. The van der Waals surface area contributed by atoms with E-state index in [1.54, 1.807) is 12.1 Å². The molecule has 0 unspecified atom stereocenters. The van der Waals surface area contributed by atoms with Crippen LogP contribution in [0.25, 0.3) is 0 Å². The average Bonchev–Trinajstić information content (AvgIpc) is 3.12. The Kier molecular flexibility index (Phi) is 4.60. The van der Waals surface area contributed by atoms with E-state index in [9.17, 15) is 18.0 Å². The Morgan fingerprint density at radius 1 is 1.36 bits per heavy atom. The zero-order valence-electron chi connectivity index (χ0n) is 13.5. The highest BCUT2D eigenvalue weighted by molar-refractivity contribution is 5.91. The van der Waals surface area contributed by atoms with Crippen molar-refractivity contribution in [2.45, 2.75) is 24.9 Å². The van der Waals surface area contributed by atoms with Crippen molar-refractivity contribution in [2.75, 3.05) is 25.0 Å². The van der Waals surface area contributed by atoms with Crippen LogP contribution in [0.3, 0.4) is 0 Å². The van der Waals surface area contributed by atoms with Crippen molar-refractivity contribution >= 4 is 11.7 Å². The van der Waals surface area contributed by atoms with E-state index in [1.807, 2.05) is 4.90 Å². The van der Waals surface area contributed by atoms with Crippen molar-refractivity contribution in [3.8, 4) is 0 Å². The van der Waals surface area contributed by atoms with Gasteiger partial charge in [-0.25, -0.2) is 4.98 Å². The molecule has 2 aromatic rings. The molecule has 1 saturated heterocycles. The van der Waals surface area contributed by atoms with E-state index in [0.717, 1.165) is 25.6 Å². The number of nitrogens with zero attached hydrogens (tertiary/aromatic N) is 4. The van der Waals surface area contributed by atoms with E-state index >= 15 is 0 Å². The summed E-state index contributed by atoms with van der Waals surface area (Å²) in [6.07, 6.45) is -2.07. The number of rotatable bonds is 3. The lowest BCUT2D eigenvalue weighted by atomic mass is 9.97. The predicted molar refractivity (Wildman–Crippen MR) is 83.2 cm³/mol. The lowest BCUT2D eigenvalue weighted by Gasteiger charge is -2.32. The van der Waals surface area contributed by atoms with Crippen molar-refractivity contribution < 1.29 is 18.0 Å². The van der Waals surface area contributed by atoms with Crippen LogP contribution in [-0.4, -0.2) is 46.2 Å². The summed E-state index contributed by atoms with van der Waals surface area (Å²) in [5.74, 6) is 0.433. The van der Waals surface area contributed by atoms with Crippen LogP contribution in [0.5, 0.6) is 0 Å². The first kappa shape index (κ1) is 17.2. The lowest BCUT2D eigenvalue weighted by molar-refractivity contribution is -0.141. The first-order valence-corrected chi connectivity index (χ1v) is 7.81. The second-order valence-electron chi connectivity index (χ2n) is 5.82. The minimum Gasteiger partial charge on any atom is -0.354 e. The van der Waals surface area contributed by atoms with Gasteiger partial charge in [0.1, 0.15) is 11.5 Å². The SMILES string of the molecule is CNC(=O)c1ccc(N2CCC[C@@H](c3ncc(C(F)(F)F)[nH]3)C2)nn1. The molecule has 0 saturated carbocycles. The van der Waals surface area contributed by atoms with E-state index in [1.165, 1.54) is 7.05 Å². The van der Waals surface area contributed by atoms with Crippen LogP contribution in [0.2, 0.25) is 0 Å². The molecule has 1 aliphatic rings. The quantitative estimate of drug-likeness (QED) is 0.880. The van der Waals surface area contributed by atoms with Crippen LogP contribution >= 0.6 is 0 Å². The number of nitrogens with one attached hydrogen (secondary N) is 2. The topological polar surface area (TPSA) is 86.8 Å². The molecular weight excluding hydrogens is 337 g/mol. The zero-order chi connectivity index (χ0) is 18.0. The number of H-pyrrole nitrogens is 1. The maximum atomic E-state index is 12.7. The molecule has 1 fully saturated rings. The molecule has 0 aliphatic carbocycles. The van der Waals surface area contributed by atoms with Crippen LogP contribution in [-0.2, 0) is 6.18 Å². The predicted octanol–water partition coefficient (Wildman–Crippen LogP) is 1.96. The van der Waals surface area contributed by atoms with E-state index in [-0.39, 0.29) is 17.5 Å². The fourth-order valence-electron chi connectivity index (χ4n) is 2.84. The molecule has 3 rings (SSSR count). The number of halogens is 3. The van der Waals surface area contributed by atoms with Crippen molar-refractivity contribution in [1.29, 1.82) is 0 Å². The summed E-state index contributed by atoms with van der Waals surface area (Å²) in [7, 11) is 1.51. The van der Waals surface area contributed by atoms with Gasteiger partial charge in [0.15, 0.2) is 11.5 Å². The summed E-state index contributed by atoms with van der Waals surface area (Å²) in [5.41, 5.74) is -0.630. The third kappa shape index (κ3) is 3.72. The minimum absolute atomic E-state index is 0.148. The minimum atomic E-state index is -4.43. The Balaban J connectivity index is 1.73. The van der Waals surface area contributed by atoms with Crippen molar-refractivity contribution in [1.82, 2.24) is 25.5 Å². The molecule has 1 aliphatic heterocycles. The Bertz CT molecular complexity index is 742. The summed E-state index contributed by atoms with van der Waals surface area (Å²) in [6.45, 7) is 1.20. The lowest BCUT2D eigenvalue weighted by Crippen LogP contribution is -2.35. The number of carbonyl (C=O) groups excluding carboxylic acids is 1. The van der Waals surface area contributed by atoms with Gasteiger partial charge in [0.2, 0.25) is 0 Å². The number of aromatic nitrogens is 4. The number of imidazole rings is 1. The van der Waals surface area contributed by atoms with Crippen LogP contribution in [0.1, 0.15) is 40.8 Å². The van der Waals surface area contributed by atoms with Gasteiger partial charge in [-0.05, 0) is 25.0 Å². The number of hydrogen-bond donors (Lipinski definition) is 2. The monoisotopic (exact) mass is 354 g/mol. The summed E-state index contributed by atoms with van der Waals surface area (Å²) in [4.78, 5) is 19.7. The molecule has 2 N–H and O–H groups in total. The van der Waals surface area contributed by atoms with Gasteiger partial charge in [0, 0.05) is 26.1 Å². The number of amides is 1. The van der Waals surface area contributed by atoms with Gasteiger partial charge in [0.05, 0.1) is 6.20 Å². The van der Waals surface area contributed by atoms with Crippen molar-refractivity contribution in [3.05, 3.63) is 35.5 Å². The van der Waals surface area contributed by atoms with E-state index in [2.05, 4.69) is 25.5 Å². The van der Waals surface area contributed by atoms with Gasteiger partial charge in [0.25, 0.3) is 5.91 Å². The normalized spacial score (nSPS) is 18.2. The Labute approximate surface area is 141 Å². The summed E-state index contributed by atoms with van der Waals surface area (Å²) in [6, 6.07) is 3.25. The Hall–Kier alpha value is -2.65. The molecule has 2 aromatic heterocycles. The first-order valence-electron chi connectivity index (χ1n) is 7.81. The van der Waals surface area contributed by atoms with Gasteiger partial charge in [-0.1, -0.05) is 0 Å². The summed E-state index contributed by atoms with van der Waals surface area (Å²) < 4.78 is 38.1. The van der Waals surface area contributed by atoms with Crippen LogP contribution in [0.4, 0.5) is 19.0 Å². The van der Waals surface area contributed by atoms with Gasteiger partial charge in [-0.15, -0.1) is 10.2 Å². The molecule has 1 atom stereocenters. The first-order chi connectivity index (χ1) is 11.9. The number of anilines is 1. The third-order valence-electron chi connectivity index (χ3n) is 4.14. The molecule has 0 spiro atoms. The fraction of sp³-hybridized carbons (Fsp3) is 0.467. The molecule has 1 amide bonds. The van der Waals surface area contributed by atoms with Gasteiger partial charge < -0.3 is 15.2 Å². The van der Waals surface area contributed by atoms with E-state index < -0.39 is 11.9 Å². The second-order valence-corrected chi connectivity index (χ2v) is 5.82. The Morgan fingerprint density at radius 3 is 2.76 bits per heavy atom. The second kappa shape index (κ2) is 6.69. The van der Waals surface area contributed by atoms with Gasteiger partial charge in [-0.3, -0.25) is 4.79 Å². The highest BCUT2D eigenvalue weighted by Crippen LogP contribution is 2.31. The fourth-order valence-corrected chi connectivity index (χ4v) is 2.84. The smallest absolute Gasteiger partial charge is 0.354 e. The molecule has 7 nitrogen and oxygen atoms in total. The van der Waals surface area contributed by atoms with Crippen LogP contribution in [0, 0.1) is 0 Å². The molecule has 25 heavy (non-hydrogen) atoms. The number of aromatic amines is 1. The van der Waals surface area contributed by atoms with E-state index in [4.69, 9.17) is 0 Å². The maximum Gasteiger partial charge on any atom is 0.432 e. The third-order valence-corrected chi connectivity index (χ3v) is 4.14. The summed E-state index contributed by atoms with van der Waals surface area (Å²) >= 11 is 0. The number of piperidine rings is 1. The average molecular weight is 354 g/mol. The largest absolute Gasteiger partial charge is 0.432 e. The molecule has 3 heterocycles. The van der Waals surface area contributed by atoms with E-state index in [0.29, 0.717) is 18.2 Å². The molecule has 134 valence electrons. The number of hydrogen-bond acceptors (Lipinski definition) is 5. The highest BCUT2D eigenvalue weighted by atomic mass is 19.4. The molecular formula is C15H17F3N6O. The molecule has 0 radical (unpaired) electrons. The standard InChI is InChI=1S/C15H17F3N6O/c1-19-14(25)10-4-5-12(23-22-10)24-6-2-3-9(8-24)13-20-7-11(21-13)15(16,17)18/h4-5,7,9H,2-3,6,8H2,1H3,(H,19,25)(H,20,21)/t9-/m1/s1. The van der Waals surface area contributed by atoms with Crippen LogP contribution in [0.15, 0.2) is 18.3 Å². The maximum absolute atomic E-state index is 12.7. The van der Waals surface area contributed by atoms with Gasteiger partial charge in [-0.2, -0.15) is 13.2 Å². The highest BCUT2D eigenvalue weighted by Gasteiger charge is 2.34. The molecule has 0 aromatic carbocycles. The number of alkyl halides is 3. The van der Waals surface area contributed by atoms with Crippen molar-refractivity contribution in [3.63, 3.8) is 0 Å². The molecule has 0 bridgehead atoms. The zero-order valence-corrected chi connectivity index (χ0v) is 13.5.